The van der Waals surface area contributed by atoms with Crippen LogP contribution >= 0.6 is 0 Å². The van der Waals surface area contributed by atoms with E-state index in [0.717, 1.165) is 16.7 Å². The van der Waals surface area contributed by atoms with E-state index in [1.807, 2.05) is 44.2 Å². The van der Waals surface area contributed by atoms with Crippen LogP contribution in [-0.2, 0) is 18.6 Å². The van der Waals surface area contributed by atoms with Crippen LogP contribution < -0.4 is 10.1 Å². The van der Waals surface area contributed by atoms with Gasteiger partial charge in [-0.2, -0.15) is 18.3 Å². The molecule has 0 atom stereocenters. The van der Waals surface area contributed by atoms with Crippen LogP contribution in [0.25, 0.3) is 11.0 Å². The largest absolute Gasteiger partial charge is 0.461 e. The highest BCUT2D eigenvalue weighted by Gasteiger charge is 2.16. The van der Waals surface area contributed by atoms with Crippen molar-refractivity contribution in [2.75, 3.05) is 5.32 Å². The van der Waals surface area contributed by atoms with Crippen LogP contribution in [0.1, 0.15) is 21.7 Å². The molecule has 0 aliphatic rings. The first-order valence-corrected chi connectivity index (χ1v) is 9.44. The Morgan fingerprint density at radius 3 is 2.47 bits per heavy atom. The Morgan fingerprint density at radius 1 is 1.13 bits per heavy atom. The maximum absolute atomic E-state index is 12.6. The quantitative estimate of drug-likeness (QED) is 0.530. The second kappa shape index (κ2) is 9.14. The smallest absolute Gasteiger partial charge is 0.335 e. The number of aryl methyl sites for hydroxylation is 3. The molecule has 154 valence electrons. The first kappa shape index (κ1) is 20.9. The van der Waals surface area contributed by atoms with Crippen molar-refractivity contribution in [1.29, 1.82) is 0 Å². The van der Waals surface area contributed by atoms with Gasteiger partial charge in [-0.3, -0.25) is 4.79 Å². The third-order valence-corrected chi connectivity index (χ3v) is 4.07. The summed E-state index contributed by atoms with van der Waals surface area (Å²) >= 11 is -0.750. The first-order chi connectivity index (χ1) is 14.4. The van der Waals surface area contributed by atoms with Crippen molar-refractivity contribution in [3.63, 3.8) is 0 Å². The lowest BCUT2D eigenvalue weighted by molar-refractivity contribution is 0.102. The minimum Gasteiger partial charge on any atom is -0.461 e. The van der Waals surface area contributed by atoms with Crippen LogP contribution in [0.5, 0.6) is 11.5 Å². The Hall–Kier alpha value is -3.79. The normalized spacial score (nSPS) is 10.2. The van der Waals surface area contributed by atoms with Gasteiger partial charge in [0.15, 0.2) is 5.82 Å². The van der Waals surface area contributed by atoms with Gasteiger partial charge in [-0.05, 0) is 44.2 Å². The van der Waals surface area contributed by atoms with Gasteiger partial charge in [0.25, 0.3) is 5.91 Å². The van der Waals surface area contributed by atoms with Gasteiger partial charge in [0, 0.05) is 12.6 Å². The van der Waals surface area contributed by atoms with Gasteiger partial charge in [0.05, 0.1) is 11.6 Å². The number of aromatic nitrogens is 3. The highest BCUT2D eigenvalue weighted by Crippen LogP contribution is 2.34. The molecule has 1 N–H and O–H groups in total. The fourth-order valence-corrected chi connectivity index (χ4v) is 2.77. The molecule has 0 aliphatic carbocycles. The number of hydrogen-bond acceptors (Lipinski definition) is 7. The summed E-state index contributed by atoms with van der Waals surface area (Å²) in [5.74, 6) is 2.04. The number of nitrogens with zero attached hydrogens (tertiary/aromatic N) is 3. The molecule has 1 amide bonds. The lowest BCUT2D eigenvalue weighted by Gasteiger charge is -2.09. The molecule has 30 heavy (non-hydrogen) atoms. The van der Waals surface area contributed by atoms with Gasteiger partial charge < -0.3 is 14.5 Å². The Balaban J connectivity index is 0.000000806. The maximum atomic E-state index is 12.6. The molecule has 0 unspecified atom stereocenters. The maximum Gasteiger partial charge on any atom is 0.335 e. The number of nitrogens with one attached hydrogen (secondary N) is 1. The van der Waals surface area contributed by atoms with Crippen LogP contribution in [0.15, 0.2) is 53.1 Å². The number of furan rings is 1. The second-order valence-electron chi connectivity index (χ2n) is 6.40. The number of benzene rings is 2. The average Bonchev–Trinajstić information content (AvgIpc) is 3.28. The van der Waals surface area contributed by atoms with Crippen molar-refractivity contribution in [3.8, 4) is 11.5 Å². The first-order valence-electron chi connectivity index (χ1n) is 8.78. The third kappa shape index (κ3) is 4.97. The number of fused-ring (bicyclic) bond motifs is 1. The van der Waals surface area contributed by atoms with Crippen molar-refractivity contribution >= 4 is 34.3 Å². The van der Waals surface area contributed by atoms with Crippen LogP contribution in [0.4, 0.5) is 5.82 Å². The zero-order valence-corrected chi connectivity index (χ0v) is 17.2. The number of ether oxygens (including phenoxy) is 1. The van der Waals surface area contributed by atoms with Crippen LogP contribution in [-0.4, -0.2) is 29.3 Å². The lowest BCUT2D eigenvalue weighted by Crippen LogP contribution is -2.12. The van der Waals surface area contributed by atoms with E-state index in [1.54, 1.807) is 19.2 Å². The zero-order chi connectivity index (χ0) is 21.7. The summed E-state index contributed by atoms with van der Waals surface area (Å²) in [6, 6.07) is 13.0. The van der Waals surface area contributed by atoms with E-state index in [2.05, 4.69) is 15.5 Å². The second-order valence-corrected chi connectivity index (χ2v) is 6.54. The fourth-order valence-electron chi connectivity index (χ4n) is 2.77. The van der Waals surface area contributed by atoms with Crippen LogP contribution in [0.2, 0.25) is 0 Å². The Labute approximate surface area is 175 Å². The Morgan fingerprint density at radius 2 is 1.83 bits per heavy atom. The summed E-state index contributed by atoms with van der Waals surface area (Å²) in [6.45, 7) is 3.87. The molecule has 0 bridgehead atoms. The monoisotopic (exact) mass is 426 g/mol. The van der Waals surface area contributed by atoms with Crippen LogP contribution in [0.3, 0.4) is 0 Å². The van der Waals surface area contributed by atoms with E-state index >= 15 is 0 Å². The molecular weight excluding hydrogens is 408 g/mol. The summed E-state index contributed by atoms with van der Waals surface area (Å²) in [5, 5.41) is 11.5. The molecule has 0 spiro atoms. The summed E-state index contributed by atoms with van der Waals surface area (Å²) in [6.07, 6.45) is 1.48. The highest BCUT2D eigenvalue weighted by molar-refractivity contribution is 7.51. The van der Waals surface area contributed by atoms with E-state index in [-0.39, 0.29) is 5.91 Å². The molecule has 2 heterocycles. The molecule has 0 aliphatic heterocycles. The number of carbonyl (C=O) groups is 1. The number of rotatable bonds is 4. The van der Waals surface area contributed by atoms with Gasteiger partial charge in [0.2, 0.25) is 0 Å². The number of anilines is 1. The molecular formula is C20H18N4O5S. The van der Waals surface area contributed by atoms with Crippen molar-refractivity contribution in [2.45, 2.75) is 13.8 Å². The highest BCUT2D eigenvalue weighted by atomic mass is 32.1. The predicted molar refractivity (Wildman–Crippen MR) is 110 cm³/mol. The molecule has 4 rings (SSSR count). The standard InChI is InChI=1S/C20H18N4O3.O2S/c1-12-4-6-15(7-5-12)27-18-10-14(9-17-16(18)8-13(2)26-17)20(25)22-19-11-21-24(3)23-19;1-3-2/h4-11H,1-3H3,(H,22,23,25);. The molecule has 0 fully saturated rings. The fraction of sp³-hybridized carbons (Fsp3) is 0.150. The van der Waals surface area contributed by atoms with Gasteiger partial charge in [-0.1, -0.05) is 17.7 Å². The van der Waals surface area contributed by atoms with Crippen molar-refractivity contribution < 1.29 is 22.4 Å². The number of hydrogen-bond donors (Lipinski definition) is 1. The van der Waals surface area contributed by atoms with Gasteiger partial charge in [0.1, 0.15) is 22.8 Å². The molecule has 2 aromatic heterocycles. The third-order valence-electron chi connectivity index (χ3n) is 4.07. The molecule has 2 aromatic carbocycles. The van der Waals surface area contributed by atoms with Gasteiger partial charge in [-0.15, -0.1) is 5.10 Å². The zero-order valence-electron chi connectivity index (χ0n) is 16.4. The molecule has 4 aromatic rings. The van der Waals surface area contributed by atoms with Crippen molar-refractivity contribution in [3.05, 3.63) is 65.5 Å². The molecule has 9 nitrogen and oxygen atoms in total. The lowest BCUT2D eigenvalue weighted by atomic mass is 10.1. The minimum atomic E-state index is -0.750. The van der Waals surface area contributed by atoms with E-state index in [0.29, 0.717) is 28.5 Å². The van der Waals surface area contributed by atoms with Crippen molar-refractivity contribution in [2.24, 2.45) is 7.05 Å². The average molecular weight is 426 g/mol. The summed E-state index contributed by atoms with van der Waals surface area (Å²) < 4.78 is 28.3. The SMILES string of the molecule is Cc1ccc(Oc2cc(C(=O)Nc3cnn(C)n3)cc3oc(C)cc23)cc1.O=S=O. The summed E-state index contributed by atoms with van der Waals surface area (Å²) in [4.78, 5) is 14.0. The molecule has 0 radical (unpaired) electrons. The number of amides is 1. The number of carbonyl (C=O) groups excluding carboxylic acids is 1. The Kier molecular flexibility index (Phi) is 6.38. The van der Waals surface area contributed by atoms with Gasteiger partial charge >= 0.3 is 11.6 Å². The molecule has 0 saturated heterocycles. The molecule has 0 saturated carbocycles. The predicted octanol–water partition coefficient (Wildman–Crippen LogP) is 3.55. The van der Waals surface area contributed by atoms with E-state index in [9.17, 15) is 4.79 Å². The minimum absolute atomic E-state index is 0.319. The van der Waals surface area contributed by atoms with Crippen molar-refractivity contribution in [1.82, 2.24) is 15.0 Å². The molecule has 10 heteroatoms. The Bertz CT molecular complexity index is 1220. The summed E-state index contributed by atoms with van der Waals surface area (Å²) in [5.41, 5.74) is 2.13. The van der Waals surface area contributed by atoms with E-state index in [1.165, 1.54) is 11.0 Å². The van der Waals surface area contributed by atoms with Crippen LogP contribution in [0, 0.1) is 13.8 Å². The topological polar surface area (TPSA) is 116 Å². The van der Waals surface area contributed by atoms with Gasteiger partial charge in [-0.25, -0.2) is 0 Å². The summed E-state index contributed by atoms with van der Waals surface area (Å²) in [7, 11) is 1.68. The van der Waals surface area contributed by atoms with E-state index < -0.39 is 11.6 Å². The van der Waals surface area contributed by atoms with E-state index in [4.69, 9.17) is 17.6 Å².